The van der Waals surface area contributed by atoms with Crippen LogP contribution in [0.1, 0.15) is 47.4 Å². The van der Waals surface area contributed by atoms with Gasteiger partial charge in [-0.2, -0.15) is 0 Å². The second-order valence-electron chi connectivity index (χ2n) is 8.41. The summed E-state index contributed by atoms with van der Waals surface area (Å²) in [7, 11) is 0. The molecule has 5 nitrogen and oxygen atoms in total. The van der Waals surface area contributed by atoms with Crippen molar-refractivity contribution in [1.29, 1.82) is 0 Å². The summed E-state index contributed by atoms with van der Waals surface area (Å²) in [4.78, 5) is 31.6. The van der Waals surface area contributed by atoms with Crippen LogP contribution in [0.2, 0.25) is 0 Å². The predicted molar refractivity (Wildman–Crippen MR) is 131 cm³/mol. The number of urea groups is 1. The average Bonchev–Trinajstić information content (AvgIpc) is 3.42. The zero-order valence-corrected chi connectivity index (χ0v) is 19.3. The lowest BCUT2D eigenvalue weighted by atomic mass is 9.96. The second-order valence-corrected chi connectivity index (χ2v) is 9.52. The predicted octanol–water partition coefficient (Wildman–Crippen LogP) is 6.18. The standard InChI is InChI=1S/C27H24N2O3S/c1-16(18-11-12-23-21(13-18)14-19-7-3-5-9-22(19)23)26(30)32-29(27(28)31)17(2)25-15-20-8-4-6-10-24(20)33-25/h3-13,15-17H,14H2,1-2H3,(H2,28,31). The Labute approximate surface area is 196 Å². The molecule has 0 aliphatic heterocycles. The summed E-state index contributed by atoms with van der Waals surface area (Å²) in [5.74, 6) is -1.06. The maximum Gasteiger partial charge on any atom is 0.348 e. The molecule has 2 amide bonds. The molecule has 6 heteroatoms. The highest BCUT2D eigenvalue weighted by atomic mass is 32.1. The smallest absolute Gasteiger partial charge is 0.348 e. The highest BCUT2D eigenvalue weighted by Crippen LogP contribution is 2.38. The lowest BCUT2D eigenvalue weighted by Crippen LogP contribution is -2.40. The number of rotatable bonds is 4. The van der Waals surface area contributed by atoms with E-state index in [1.54, 1.807) is 25.2 Å². The Morgan fingerprint density at radius 3 is 2.45 bits per heavy atom. The van der Waals surface area contributed by atoms with Gasteiger partial charge in [0.2, 0.25) is 0 Å². The fraction of sp³-hybridized carbons (Fsp3) is 0.185. The Bertz CT molecular complexity index is 1340. The first-order chi connectivity index (χ1) is 15.9. The van der Waals surface area contributed by atoms with E-state index in [0.717, 1.165) is 32.0 Å². The number of carbonyl (C=O) groups is 2. The minimum Gasteiger partial charge on any atom is -0.349 e. The maximum absolute atomic E-state index is 13.0. The number of amides is 2. The molecular weight excluding hydrogens is 432 g/mol. The van der Waals surface area contributed by atoms with E-state index in [-0.39, 0.29) is 0 Å². The molecule has 2 atom stereocenters. The average molecular weight is 457 g/mol. The van der Waals surface area contributed by atoms with Crippen molar-refractivity contribution in [3.63, 3.8) is 0 Å². The molecule has 1 heterocycles. The van der Waals surface area contributed by atoms with E-state index < -0.39 is 24.0 Å². The monoisotopic (exact) mass is 456 g/mol. The number of carbonyl (C=O) groups excluding carboxylic acids is 2. The summed E-state index contributed by atoms with van der Waals surface area (Å²) in [5.41, 5.74) is 11.4. The molecule has 0 bridgehead atoms. The van der Waals surface area contributed by atoms with Crippen LogP contribution in [0.3, 0.4) is 0 Å². The molecular formula is C27H24N2O3S. The van der Waals surface area contributed by atoms with E-state index in [2.05, 4.69) is 24.3 Å². The molecule has 0 saturated carbocycles. The van der Waals surface area contributed by atoms with Gasteiger partial charge in [-0.1, -0.05) is 60.7 Å². The minimum absolute atomic E-state index is 0.495. The van der Waals surface area contributed by atoms with Crippen molar-refractivity contribution >= 4 is 33.4 Å². The van der Waals surface area contributed by atoms with Gasteiger partial charge >= 0.3 is 12.0 Å². The van der Waals surface area contributed by atoms with E-state index in [4.69, 9.17) is 10.6 Å². The summed E-state index contributed by atoms with van der Waals surface area (Å²) in [6, 6.07) is 23.1. The Morgan fingerprint density at radius 1 is 0.939 bits per heavy atom. The number of fused-ring (bicyclic) bond motifs is 4. The zero-order chi connectivity index (χ0) is 23.1. The van der Waals surface area contributed by atoms with Crippen molar-refractivity contribution in [2.24, 2.45) is 5.73 Å². The van der Waals surface area contributed by atoms with E-state index >= 15 is 0 Å². The molecule has 0 spiro atoms. The third-order valence-corrected chi connectivity index (χ3v) is 7.57. The number of hydrogen-bond acceptors (Lipinski definition) is 4. The van der Waals surface area contributed by atoms with E-state index in [0.29, 0.717) is 0 Å². The zero-order valence-electron chi connectivity index (χ0n) is 18.4. The SMILES string of the molecule is CC(C(=O)ON(C(N)=O)C(C)c1cc2ccccc2s1)c1ccc2c(c1)Cc1ccccc1-2. The lowest BCUT2D eigenvalue weighted by molar-refractivity contribution is -0.185. The number of nitrogens with two attached hydrogens (primary N) is 1. The van der Waals surface area contributed by atoms with Gasteiger partial charge in [0.1, 0.15) is 6.04 Å². The van der Waals surface area contributed by atoms with Gasteiger partial charge in [-0.05, 0) is 65.6 Å². The maximum atomic E-state index is 13.0. The number of hydroxylamine groups is 2. The van der Waals surface area contributed by atoms with Crippen LogP contribution in [0.4, 0.5) is 4.79 Å². The molecule has 166 valence electrons. The molecule has 1 aromatic heterocycles. The summed E-state index contributed by atoms with van der Waals surface area (Å²) in [6.45, 7) is 3.59. The van der Waals surface area contributed by atoms with Gasteiger partial charge in [-0.3, -0.25) is 0 Å². The molecule has 0 radical (unpaired) electrons. The molecule has 2 N–H and O–H groups in total. The first-order valence-electron chi connectivity index (χ1n) is 10.9. The summed E-state index contributed by atoms with van der Waals surface area (Å²) < 4.78 is 1.10. The van der Waals surface area contributed by atoms with E-state index in [9.17, 15) is 9.59 Å². The normalized spacial score (nSPS) is 13.8. The van der Waals surface area contributed by atoms with Gasteiger partial charge in [-0.15, -0.1) is 16.4 Å². The van der Waals surface area contributed by atoms with Gasteiger partial charge in [0.05, 0.1) is 5.92 Å². The second kappa shape index (κ2) is 8.37. The summed E-state index contributed by atoms with van der Waals surface area (Å²) in [6.07, 6.45) is 0.845. The first-order valence-corrected chi connectivity index (χ1v) is 11.7. The molecule has 1 aliphatic carbocycles. The molecule has 1 aliphatic rings. The topological polar surface area (TPSA) is 72.6 Å². The molecule has 3 aromatic carbocycles. The number of hydrogen-bond donors (Lipinski definition) is 1. The van der Waals surface area contributed by atoms with Crippen LogP contribution in [0.15, 0.2) is 72.8 Å². The van der Waals surface area contributed by atoms with Gasteiger partial charge < -0.3 is 10.6 Å². The number of thiophene rings is 1. The Hall–Kier alpha value is -3.64. The highest BCUT2D eigenvalue weighted by molar-refractivity contribution is 7.19. The molecule has 4 aromatic rings. The van der Waals surface area contributed by atoms with E-state index in [1.165, 1.54) is 22.3 Å². The lowest BCUT2D eigenvalue weighted by Gasteiger charge is -2.26. The van der Waals surface area contributed by atoms with Gasteiger partial charge in [0.15, 0.2) is 0 Å². The van der Waals surface area contributed by atoms with Crippen LogP contribution in [0.5, 0.6) is 0 Å². The van der Waals surface area contributed by atoms with Crippen molar-refractivity contribution in [3.8, 4) is 11.1 Å². The summed E-state index contributed by atoms with van der Waals surface area (Å²) >= 11 is 1.55. The van der Waals surface area contributed by atoms with Gasteiger partial charge in [0, 0.05) is 9.58 Å². The number of primary amides is 1. The third-order valence-electron chi connectivity index (χ3n) is 6.28. The molecule has 0 saturated heterocycles. The summed E-state index contributed by atoms with van der Waals surface area (Å²) in [5, 5.41) is 2.06. The molecule has 33 heavy (non-hydrogen) atoms. The van der Waals surface area contributed by atoms with Crippen LogP contribution in [-0.2, 0) is 16.1 Å². The molecule has 0 fully saturated rings. The largest absolute Gasteiger partial charge is 0.349 e. The van der Waals surface area contributed by atoms with Gasteiger partial charge in [-0.25, -0.2) is 9.59 Å². The van der Waals surface area contributed by atoms with Crippen LogP contribution in [-0.4, -0.2) is 17.1 Å². The molecule has 2 unspecified atom stereocenters. The van der Waals surface area contributed by atoms with Crippen molar-refractivity contribution in [1.82, 2.24) is 5.06 Å². The van der Waals surface area contributed by atoms with E-state index in [1.807, 2.05) is 48.5 Å². The fourth-order valence-electron chi connectivity index (χ4n) is 4.39. The molecule has 5 rings (SSSR count). The van der Waals surface area contributed by atoms with Crippen molar-refractivity contribution in [2.45, 2.75) is 32.2 Å². The van der Waals surface area contributed by atoms with Crippen LogP contribution in [0, 0.1) is 0 Å². The Morgan fingerprint density at radius 2 is 1.67 bits per heavy atom. The Kier molecular flexibility index (Phi) is 5.38. The van der Waals surface area contributed by atoms with Crippen LogP contribution in [0.25, 0.3) is 21.2 Å². The highest BCUT2D eigenvalue weighted by Gasteiger charge is 2.29. The number of benzene rings is 3. The first kappa shape index (κ1) is 21.2. The van der Waals surface area contributed by atoms with Crippen LogP contribution >= 0.6 is 11.3 Å². The number of nitrogens with zero attached hydrogens (tertiary/aromatic N) is 1. The van der Waals surface area contributed by atoms with Crippen molar-refractivity contribution in [2.75, 3.05) is 0 Å². The third kappa shape index (κ3) is 3.87. The quantitative estimate of drug-likeness (QED) is 0.328. The Balaban J connectivity index is 1.35. The van der Waals surface area contributed by atoms with Crippen molar-refractivity contribution in [3.05, 3.63) is 94.4 Å². The van der Waals surface area contributed by atoms with Crippen LogP contribution < -0.4 is 5.73 Å². The fourth-order valence-corrected chi connectivity index (χ4v) is 5.48. The van der Waals surface area contributed by atoms with Crippen molar-refractivity contribution < 1.29 is 14.4 Å². The minimum atomic E-state index is -0.801. The van der Waals surface area contributed by atoms with Gasteiger partial charge in [0.25, 0.3) is 0 Å².